The number of nitrogens with zero attached hydrogens (tertiary/aromatic N) is 8. The Morgan fingerprint density at radius 1 is 0.266 bits per heavy atom. The second-order valence-corrected chi connectivity index (χ2v) is 38.8. The Morgan fingerprint density at radius 2 is 0.477 bits per heavy atom. The van der Waals surface area contributed by atoms with Crippen molar-refractivity contribution in [1.82, 2.24) is 39.5 Å². The number of aliphatic hydroxyl groups excluding tert-OH is 4. The Balaban J connectivity index is 0.000000120. The quantitative estimate of drug-likeness (QED) is 0.0182. The van der Waals surface area contributed by atoms with Crippen molar-refractivity contribution in [1.29, 1.82) is 0 Å². The van der Waals surface area contributed by atoms with Gasteiger partial charge in [0.1, 0.15) is 23.3 Å². The first-order valence-corrected chi connectivity index (χ1v) is 50.2. The number of hydrogen-bond acceptors (Lipinski definition) is 24. The second kappa shape index (κ2) is 44.8. The minimum Gasteiger partial charge on any atom is -0.493 e. The standard InChI is InChI=1S/4C26H37N3O3/c4*1-31-24-16-22-20-9-5-10-21(20)26(27-18-7-4-8-19(30)15-18)28-23(22)17-25(24)32-14-6-13-29-11-2-3-12-29/h4*16-19,30H,2-15H2,1H3,(H,27,28)/t2*18-,19+;2*18-,19-/m1010/s1. The van der Waals surface area contributed by atoms with Crippen molar-refractivity contribution in [3.63, 3.8) is 0 Å². The average molecular weight is 1760 g/mol. The van der Waals surface area contributed by atoms with E-state index in [1.165, 1.54) is 170 Å². The molecule has 0 radical (unpaired) electrons. The van der Waals surface area contributed by atoms with Gasteiger partial charge in [-0.2, -0.15) is 0 Å². The van der Waals surface area contributed by atoms with Gasteiger partial charge < -0.3 is 99.2 Å². The minimum atomic E-state index is -0.195. The number of fused-ring (bicyclic) bond motifs is 12. The predicted octanol–water partition coefficient (Wildman–Crippen LogP) is 17.2. The van der Waals surface area contributed by atoms with Crippen LogP contribution in [0.15, 0.2) is 48.5 Å². The van der Waals surface area contributed by atoms with Gasteiger partial charge in [-0.3, -0.25) is 0 Å². The molecule has 4 saturated carbocycles. The van der Waals surface area contributed by atoms with Gasteiger partial charge in [0.25, 0.3) is 0 Å². The number of aliphatic hydroxyl groups is 4. The van der Waals surface area contributed by atoms with E-state index in [0.29, 0.717) is 50.6 Å². The molecule has 0 spiro atoms. The largest absolute Gasteiger partial charge is 0.493 e. The fourth-order valence-electron chi connectivity index (χ4n) is 22.9. The molecule has 4 aliphatic heterocycles. The van der Waals surface area contributed by atoms with Crippen LogP contribution in [0.4, 0.5) is 23.3 Å². The Labute approximate surface area is 759 Å². The summed E-state index contributed by atoms with van der Waals surface area (Å²) >= 11 is 0. The van der Waals surface area contributed by atoms with Gasteiger partial charge in [0.15, 0.2) is 46.0 Å². The zero-order valence-corrected chi connectivity index (χ0v) is 77.5. The van der Waals surface area contributed by atoms with E-state index in [1.807, 2.05) is 0 Å². The van der Waals surface area contributed by atoms with Crippen LogP contribution in [0.1, 0.15) is 250 Å². The summed E-state index contributed by atoms with van der Waals surface area (Å²) in [7, 11) is 6.87. The maximum atomic E-state index is 10.1. The van der Waals surface area contributed by atoms with E-state index in [-0.39, 0.29) is 24.4 Å². The molecular formula is C104H148N12O12. The van der Waals surface area contributed by atoms with Crippen molar-refractivity contribution in [3.05, 3.63) is 93.0 Å². The van der Waals surface area contributed by atoms with Gasteiger partial charge in [-0.15, -0.1) is 0 Å². The molecule has 24 nitrogen and oxygen atoms in total. The Bertz CT molecular complexity index is 4380. The van der Waals surface area contributed by atoms with Crippen molar-refractivity contribution in [2.45, 2.75) is 305 Å². The highest BCUT2D eigenvalue weighted by Crippen LogP contribution is 2.46. The highest BCUT2D eigenvalue weighted by molar-refractivity contribution is 5.93. The summed E-state index contributed by atoms with van der Waals surface area (Å²) in [4.78, 5) is 30.3. The van der Waals surface area contributed by atoms with Crippen molar-refractivity contribution in [3.8, 4) is 46.0 Å². The van der Waals surface area contributed by atoms with Crippen LogP contribution < -0.4 is 59.2 Å². The van der Waals surface area contributed by atoms with E-state index in [4.69, 9.17) is 57.8 Å². The zero-order valence-electron chi connectivity index (χ0n) is 77.5. The summed E-state index contributed by atoms with van der Waals surface area (Å²) in [6.07, 6.45) is 42.7. The molecule has 696 valence electrons. The molecule has 8 fully saturated rings. The first kappa shape index (κ1) is 91.7. The maximum absolute atomic E-state index is 10.1. The maximum Gasteiger partial charge on any atom is 0.163 e. The predicted molar refractivity (Wildman–Crippen MR) is 512 cm³/mol. The van der Waals surface area contributed by atoms with Crippen molar-refractivity contribution >= 4 is 66.9 Å². The third kappa shape index (κ3) is 23.1. The second-order valence-electron chi connectivity index (χ2n) is 38.8. The Morgan fingerprint density at radius 3 is 0.680 bits per heavy atom. The van der Waals surface area contributed by atoms with Crippen molar-refractivity contribution in [2.24, 2.45) is 0 Å². The highest BCUT2D eigenvalue weighted by Gasteiger charge is 2.33. The van der Waals surface area contributed by atoms with Gasteiger partial charge in [-0.05, 0) is 378 Å². The molecule has 0 bridgehead atoms. The van der Waals surface area contributed by atoms with E-state index in [9.17, 15) is 20.4 Å². The van der Waals surface area contributed by atoms with Crippen LogP contribution in [0.3, 0.4) is 0 Å². The molecule has 8 atom stereocenters. The van der Waals surface area contributed by atoms with E-state index in [1.54, 1.807) is 28.4 Å². The van der Waals surface area contributed by atoms with Crippen LogP contribution in [-0.4, -0.2) is 242 Å². The number of rotatable bonds is 32. The monoisotopic (exact) mass is 1760 g/mol. The van der Waals surface area contributed by atoms with Crippen LogP contribution in [-0.2, 0) is 51.4 Å². The SMILES string of the molecule is COc1cc2c3c(c(N[C@@H]4CCC[C@@H](O)C4)nc2cc1OCCCN1CCCC1)CCC3.COc1cc2c3c(c(N[C@@H]4CCC[C@H](O)C4)nc2cc1OCCCN1CCCC1)CCC3.COc1cc2c3c(c(N[C@H]4CCC[C@@H](O)C4)nc2cc1OCCCN1CCCC1)CCC3.COc1cc2c3c(c(N[C@H]4CCC[C@H](O)C4)nc2cc1OCCCN1CCCC1)CCC3. The molecule has 0 amide bonds. The number of likely N-dealkylation sites (tertiary alicyclic amines) is 4. The molecular weight excluding hydrogens is 1610 g/mol. The third-order valence-electron chi connectivity index (χ3n) is 29.6. The zero-order chi connectivity index (χ0) is 87.7. The number of benzene rings is 4. The molecule has 128 heavy (non-hydrogen) atoms. The summed E-state index contributed by atoms with van der Waals surface area (Å²) < 4.78 is 47.5. The number of anilines is 4. The molecule has 8 aromatic rings. The smallest absolute Gasteiger partial charge is 0.163 e. The lowest BCUT2D eigenvalue weighted by Gasteiger charge is -2.28. The number of pyridine rings is 4. The van der Waals surface area contributed by atoms with Crippen molar-refractivity contribution in [2.75, 3.05) is 155 Å². The van der Waals surface area contributed by atoms with Crippen LogP contribution in [0, 0.1) is 0 Å². The van der Waals surface area contributed by atoms with Gasteiger partial charge in [0.05, 0.1) is 101 Å². The lowest BCUT2D eigenvalue weighted by Crippen LogP contribution is -2.30. The van der Waals surface area contributed by atoms with Crippen LogP contribution in [0.25, 0.3) is 43.6 Å². The van der Waals surface area contributed by atoms with Crippen LogP contribution in [0.2, 0.25) is 0 Å². The molecule has 8 heterocycles. The highest BCUT2D eigenvalue weighted by atomic mass is 16.5. The Hall–Kier alpha value is -8.20. The molecule has 20 rings (SSSR count). The van der Waals surface area contributed by atoms with Crippen molar-refractivity contribution < 1.29 is 58.3 Å². The fraction of sp³-hybridized carbons (Fsp3) is 0.654. The first-order chi connectivity index (χ1) is 62.8. The normalized spacial score (nSPS) is 23.4. The molecule has 12 aliphatic rings. The van der Waals surface area contributed by atoms with Gasteiger partial charge in [-0.1, -0.05) is 0 Å². The molecule has 24 heteroatoms. The van der Waals surface area contributed by atoms with Crippen LogP contribution >= 0.6 is 0 Å². The lowest BCUT2D eigenvalue weighted by molar-refractivity contribution is 0.124. The number of nitrogens with one attached hydrogen (secondary N) is 4. The van der Waals surface area contributed by atoms with E-state index >= 15 is 0 Å². The average Bonchev–Trinajstić information content (AvgIpc) is 1.18. The summed E-state index contributed by atoms with van der Waals surface area (Å²) in [6.45, 7) is 17.0. The summed E-state index contributed by atoms with van der Waals surface area (Å²) in [5.41, 5.74) is 14.9. The van der Waals surface area contributed by atoms with Gasteiger partial charge in [-0.25, -0.2) is 19.9 Å². The van der Waals surface area contributed by atoms with E-state index < -0.39 is 0 Å². The van der Waals surface area contributed by atoms with Gasteiger partial charge in [0.2, 0.25) is 0 Å². The molecule has 4 aromatic heterocycles. The fourth-order valence-corrected chi connectivity index (χ4v) is 22.9. The number of ether oxygens (including phenoxy) is 8. The topological polar surface area (TPSA) is 267 Å². The summed E-state index contributed by atoms with van der Waals surface area (Å²) in [5, 5.41) is 59.9. The summed E-state index contributed by atoms with van der Waals surface area (Å²) in [6, 6.07) is 17.9. The number of aryl methyl sites for hydroxylation is 4. The van der Waals surface area contributed by atoms with E-state index in [0.717, 1.165) is 323 Å². The van der Waals surface area contributed by atoms with Gasteiger partial charge >= 0.3 is 0 Å². The number of hydrogen-bond donors (Lipinski definition) is 8. The summed E-state index contributed by atoms with van der Waals surface area (Å²) in [5.74, 6) is 10.4. The molecule has 8 N–H and O–H groups in total. The molecule has 8 aliphatic carbocycles. The number of aromatic nitrogens is 4. The molecule has 0 unspecified atom stereocenters. The Kier molecular flexibility index (Phi) is 32.1. The third-order valence-corrected chi connectivity index (χ3v) is 29.6. The van der Waals surface area contributed by atoms with Gasteiger partial charge in [0, 0.05) is 96.2 Å². The molecule has 4 aromatic carbocycles. The van der Waals surface area contributed by atoms with Crippen LogP contribution in [0.5, 0.6) is 46.0 Å². The molecule has 4 saturated heterocycles. The first-order valence-electron chi connectivity index (χ1n) is 50.2. The minimum absolute atomic E-state index is 0.195. The van der Waals surface area contributed by atoms with E-state index in [2.05, 4.69) is 89.4 Å². The number of methoxy groups -OCH3 is 4. The lowest BCUT2D eigenvalue weighted by atomic mass is 9.93.